The maximum absolute atomic E-state index is 5.85. The van der Waals surface area contributed by atoms with Gasteiger partial charge in [-0.05, 0) is 30.7 Å². The summed E-state index contributed by atoms with van der Waals surface area (Å²) in [5.74, 6) is 1.18. The Morgan fingerprint density at radius 3 is 2.84 bits per heavy atom. The van der Waals surface area contributed by atoms with Crippen LogP contribution in [0, 0.1) is 0 Å². The molecule has 2 atom stereocenters. The van der Waals surface area contributed by atoms with Gasteiger partial charge in [0.1, 0.15) is 0 Å². The van der Waals surface area contributed by atoms with E-state index in [0.717, 1.165) is 18.5 Å². The molecule has 100 valence electrons. The normalized spacial score (nSPS) is 22.8. The van der Waals surface area contributed by atoms with E-state index in [2.05, 4.69) is 15.5 Å². The second kappa shape index (κ2) is 5.28. The summed E-state index contributed by atoms with van der Waals surface area (Å²) in [5, 5.41) is 7.99. The fourth-order valence-electron chi connectivity index (χ4n) is 2.16. The van der Waals surface area contributed by atoms with Crippen molar-refractivity contribution < 1.29 is 9.26 Å². The zero-order valence-electron chi connectivity index (χ0n) is 10.5. The Kier molecular flexibility index (Phi) is 3.50. The minimum absolute atomic E-state index is 0.0681. The van der Waals surface area contributed by atoms with Gasteiger partial charge in [-0.15, -0.1) is 0 Å². The van der Waals surface area contributed by atoms with Crippen LogP contribution < -0.4 is 5.32 Å². The average Bonchev–Trinajstić information content (AvgIpc) is 3.08. The molecule has 0 amide bonds. The number of methoxy groups -OCH3 is 1. The van der Waals surface area contributed by atoms with Crippen LogP contribution >= 0.6 is 11.6 Å². The first kappa shape index (κ1) is 12.6. The fraction of sp³-hybridized carbons (Fsp3) is 0.385. The van der Waals surface area contributed by atoms with Gasteiger partial charge in [0, 0.05) is 24.2 Å². The minimum atomic E-state index is 0.0681. The number of aromatic nitrogens is 2. The van der Waals surface area contributed by atoms with Gasteiger partial charge in [0.25, 0.3) is 0 Å². The van der Waals surface area contributed by atoms with Crippen molar-refractivity contribution in [3.63, 3.8) is 0 Å². The first-order chi connectivity index (χ1) is 9.26. The average molecular weight is 280 g/mol. The van der Waals surface area contributed by atoms with Gasteiger partial charge in [-0.25, -0.2) is 0 Å². The molecular weight excluding hydrogens is 266 g/mol. The molecule has 2 heterocycles. The van der Waals surface area contributed by atoms with Crippen LogP contribution in [-0.4, -0.2) is 29.9 Å². The van der Waals surface area contributed by atoms with Crippen LogP contribution in [0.5, 0.6) is 0 Å². The Balaban J connectivity index is 1.78. The van der Waals surface area contributed by atoms with Crippen molar-refractivity contribution in [3.05, 3.63) is 35.2 Å². The Hall–Kier alpha value is -1.43. The van der Waals surface area contributed by atoms with Gasteiger partial charge in [-0.2, -0.15) is 4.98 Å². The summed E-state index contributed by atoms with van der Waals surface area (Å²) in [6.07, 6.45) is 1.05. The van der Waals surface area contributed by atoms with Gasteiger partial charge in [0.2, 0.25) is 11.7 Å². The molecule has 2 unspecified atom stereocenters. The maximum atomic E-state index is 5.85. The molecule has 0 spiro atoms. The van der Waals surface area contributed by atoms with Crippen molar-refractivity contribution in [1.29, 1.82) is 0 Å². The van der Waals surface area contributed by atoms with Crippen molar-refractivity contribution in [2.45, 2.75) is 18.6 Å². The van der Waals surface area contributed by atoms with Gasteiger partial charge in [-0.1, -0.05) is 16.8 Å². The lowest BCUT2D eigenvalue weighted by atomic mass is 10.2. The molecule has 6 heteroatoms. The highest BCUT2D eigenvalue weighted by Crippen LogP contribution is 2.26. The highest BCUT2D eigenvalue weighted by molar-refractivity contribution is 6.30. The molecule has 1 aromatic carbocycles. The number of nitrogens with one attached hydrogen (secondary N) is 1. The first-order valence-corrected chi connectivity index (χ1v) is 6.50. The van der Waals surface area contributed by atoms with Crippen LogP contribution in [0.2, 0.25) is 5.02 Å². The molecule has 0 aliphatic carbocycles. The number of ether oxygens (including phenoxy) is 1. The third-order valence-corrected chi connectivity index (χ3v) is 3.52. The van der Waals surface area contributed by atoms with E-state index in [1.807, 2.05) is 24.3 Å². The van der Waals surface area contributed by atoms with Gasteiger partial charge < -0.3 is 14.6 Å². The molecule has 5 nitrogen and oxygen atoms in total. The van der Waals surface area contributed by atoms with Gasteiger partial charge in [0.15, 0.2) is 0 Å². The molecule has 1 saturated heterocycles. The zero-order chi connectivity index (χ0) is 13.2. The fourth-order valence-corrected chi connectivity index (χ4v) is 2.29. The van der Waals surface area contributed by atoms with Crippen LogP contribution in [0.25, 0.3) is 11.4 Å². The lowest BCUT2D eigenvalue weighted by Gasteiger charge is -2.04. The molecule has 1 fully saturated rings. The van der Waals surface area contributed by atoms with Gasteiger partial charge in [-0.3, -0.25) is 0 Å². The summed E-state index contributed by atoms with van der Waals surface area (Å²) in [6.45, 7) is 0.805. The van der Waals surface area contributed by atoms with E-state index in [4.69, 9.17) is 20.9 Å². The Bertz CT molecular complexity index is 555. The Labute approximate surface area is 115 Å². The van der Waals surface area contributed by atoms with E-state index >= 15 is 0 Å². The molecule has 3 rings (SSSR count). The van der Waals surface area contributed by atoms with E-state index in [1.165, 1.54) is 0 Å². The third kappa shape index (κ3) is 2.63. The molecular formula is C13H14ClN3O2. The van der Waals surface area contributed by atoms with Crippen LogP contribution in [0.4, 0.5) is 0 Å². The summed E-state index contributed by atoms with van der Waals surface area (Å²) in [7, 11) is 1.71. The molecule has 1 N–H and O–H groups in total. The smallest absolute Gasteiger partial charge is 0.244 e. The molecule has 19 heavy (non-hydrogen) atoms. The highest BCUT2D eigenvalue weighted by Gasteiger charge is 2.29. The lowest BCUT2D eigenvalue weighted by Crippen LogP contribution is -2.16. The summed E-state index contributed by atoms with van der Waals surface area (Å²) in [4.78, 5) is 4.42. The van der Waals surface area contributed by atoms with Crippen molar-refractivity contribution >= 4 is 11.6 Å². The maximum Gasteiger partial charge on any atom is 0.244 e. The van der Waals surface area contributed by atoms with Crippen LogP contribution in [0.15, 0.2) is 28.8 Å². The molecule has 1 aliphatic rings. The Morgan fingerprint density at radius 2 is 2.16 bits per heavy atom. The predicted molar refractivity (Wildman–Crippen MR) is 70.9 cm³/mol. The van der Waals surface area contributed by atoms with Crippen molar-refractivity contribution in [1.82, 2.24) is 15.5 Å². The number of benzene rings is 1. The Morgan fingerprint density at radius 1 is 1.37 bits per heavy atom. The monoisotopic (exact) mass is 279 g/mol. The van der Waals surface area contributed by atoms with Crippen molar-refractivity contribution in [2.24, 2.45) is 0 Å². The number of rotatable bonds is 3. The predicted octanol–water partition coefficient (Wildman–Crippen LogP) is 2.44. The van der Waals surface area contributed by atoms with E-state index in [9.17, 15) is 0 Å². The molecule has 0 saturated carbocycles. The van der Waals surface area contributed by atoms with Crippen LogP contribution in [-0.2, 0) is 4.74 Å². The quantitative estimate of drug-likeness (QED) is 0.935. The van der Waals surface area contributed by atoms with Crippen LogP contribution in [0.1, 0.15) is 18.4 Å². The second-order valence-corrected chi connectivity index (χ2v) is 4.95. The molecule has 0 radical (unpaired) electrons. The summed E-state index contributed by atoms with van der Waals surface area (Å²) in [5.41, 5.74) is 0.890. The van der Waals surface area contributed by atoms with Crippen molar-refractivity contribution in [3.8, 4) is 11.4 Å². The standard InChI is InChI=1S/C13H14ClN3O2/c1-18-10-6-11(15-7-10)13-16-12(17-19-13)8-2-4-9(14)5-3-8/h2-5,10-11,15H,6-7H2,1H3. The molecule has 0 bridgehead atoms. The SMILES string of the molecule is COC1CNC(c2nc(-c3ccc(Cl)cc3)no2)C1. The number of hydrogen-bond acceptors (Lipinski definition) is 5. The highest BCUT2D eigenvalue weighted by atomic mass is 35.5. The largest absolute Gasteiger partial charge is 0.380 e. The van der Waals surface area contributed by atoms with E-state index in [0.29, 0.717) is 16.7 Å². The molecule has 2 aromatic rings. The van der Waals surface area contributed by atoms with E-state index < -0.39 is 0 Å². The molecule has 1 aromatic heterocycles. The van der Waals surface area contributed by atoms with E-state index in [1.54, 1.807) is 7.11 Å². The van der Waals surface area contributed by atoms with Gasteiger partial charge >= 0.3 is 0 Å². The van der Waals surface area contributed by atoms with Gasteiger partial charge in [0.05, 0.1) is 12.1 Å². The van der Waals surface area contributed by atoms with Crippen molar-refractivity contribution in [2.75, 3.05) is 13.7 Å². The summed E-state index contributed by atoms with van der Waals surface area (Å²) < 4.78 is 10.6. The number of halogens is 1. The summed E-state index contributed by atoms with van der Waals surface area (Å²) in [6, 6.07) is 7.43. The topological polar surface area (TPSA) is 60.2 Å². The minimum Gasteiger partial charge on any atom is -0.380 e. The molecule has 1 aliphatic heterocycles. The third-order valence-electron chi connectivity index (χ3n) is 3.27. The van der Waals surface area contributed by atoms with Crippen LogP contribution in [0.3, 0.4) is 0 Å². The lowest BCUT2D eigenvalue weighted by molar-refractivity contribution is 0.116. The number of nitrogens with zero attached hydrogens (tertiary/aromatic N) is 2. The number of hydrogen-bond donors (Lipinski definition) is 1. The second-order valence-electron chi connectivity index (χ2n) is 4.52. The summed E-state index contributed by atoms with van der Waals surface area (Å²) >= 11 is 5.85. The zero-order valence-corrected chi connectivity index (χ0v) is 11.2. The first-order valence-electron chi connectivity index (χ1n) is 6.12. The van der Waals surface area contributed by atoms with E-state index in [-0.39, 0.29) is 12.1 Å².